The quantitative estimate of drug-likeness (QED) is 0.154. The van der Waals surface area contributed by atoms with Crippen molar-refractivity contribution in [3.05, 3.63) is 194 Å². The van der Waals surface area contributed by atoms with Crippen LogP contribution in [0, 0.1) is 0 Å². The highest BCUT2D eigenvalue weighted by molar-refractivity contribution is 7.26. The molecule has 3 heterocycles. The maximum atomic E-state index is 4.92. The van der Waals surface area contributed by atoms with Crippen LogP contribution >= 0.6 is 34.0 Å². The Labute approximate surface area is 341 Å². The van der Waals surface area contributed by atoms with E-state index in [0.717, 1.165) is 66.3 Å². The van der Waals surface area contributed by atoms with Crippen molar-refractivity contribution in [1.82, 2.24) is 9.97 Å². The lowest BCUT2D eigenvalue weighted by Crippen LogP contribution is -2.10. The van der Waals surface area contributed by atoms with Gasteiger partial charge in [0.05, 0.1) is 26.1 Å². The van der Waals surface area contributed by atoms with Crippen LogP contribution in [-0.4, -0.2) is 9.97 Å². The molecule has 0 amide bonds. The molecule has 0 saturated carbocycles. The number of thiazole rings is 2. The largest absolute Gasteiger partial charge is 0.310 e. The predicted molar refractivity (Wildman–Crippen MR) is 246 cm³/mol. The highest BCUT2D eigenvalue weighted by Gasteiger charge is 2.21. The first-order valence-corrected chi connectivity index (χ1v) is 21.3. The van der Waals surface area contributed by atoms with Gasteiger partial charge in [-0.2, -0.15) is 0 Å². The number of hydrogen-bond acceptors (Lipinski definition) is 7. The molecule has 0 aliphatic heterocycles. The zero-order chi connectivity index (χ0) is 37.7. The normalized spacial score (nSPS) is 11.5. The van der Waals surface area contributed by atoms with Crippen molar-refractivity contribution in [3.63, 3.8) is 0 Å². The lowest BCUT2D eigenvalue weighted by Gasteiger charge is -2.27. The molecule has 0 unspecified atom stereocenters. The number of benzene rings is 8. The summed E-state index contributed by atoms with van der Waals surface area (Å²) in [7, 11) is 0. The second-order valence-corrected chi connectivity index (χ2v) is 17.0. The number of nitrogens with zero attached hydrogens (tertiary/aromatic N) is 4. The van der Waals surface area contributed by atoms with Gasteiger partial charge in [-0.25, -0.2) is 9.97 Å². The van der Waals surface area contributed by atoms with Crippen molar-refractivity contribution < 1.29 is 0 Å². The van der Waals surface area contributed by atoms with E-state index in [2.05, 4.69) is 192 Å². The fourth-order valence-corrected chi connectivity index (χ4v) is 10.7. The van der Waals surface area contributed by atoms with Gasteiger partial charge in [-0.15, -0.1) is 34.0 Å². The molecule has 0 aliphatic rings. The maximum absolute atomic E-state index is 4.92. The average Bonchev–Trinajstić information content (AvgIpc) is 4.01. The van der Waals surface area contributed by atoms with Gasteiger partial charge in [0, 0.05) is 59.7 Å². The first-order valence-electron chi connectivity index (χ1n) is 18.8. The number of fused-ring (bicyclic) bond motifs is 5. The first-order chi connectivity index (χ1) is 28.2. The van der Waals surface area contributed by atoms with E-state index in [0.29, 0.717) is 0 Å². The van der Waals surface area contributed by atoms with Gasteiger partial charge in [0.25, 0.3) is 0 Å². The van der Waals surface area contributed by atoms with Crippen LogP contribution in [0.25, 0.3) is 61.7 Å². The van der Waals surface area contributed by atoms with Crippen LogP contribution in [-0.2, 0) is 0 Å². The van der Waals surface area contributed by atoms with Crippen LogP contribution in [0.4, 0.5) is 34.1 Å². The Morgan fingerprint density at radius 1 is 0.333 bits per heavy atom. The minimum Gasteiger partial charge on any atom is -0.310 e. The Morgan fingerprint density at radius 2 is 0.807 bits per heavy atom. The van der Waals surface area contributed by atoms with Crippen molar-refractivity contribution in [2.24, 2.45) is 0 Å². The van der Waals surface area contributed by atoms with Crippen LogP contribution in [0.2, 0.25) is 0 Å². The molecule has 0 atom stereocenters. The summed E-state index contributed by atoms with van der Waals surface area (Å²) in [5, 5.41) is 4.55. The standard InChI is InChI=1S/C50H32N4S3/c1-3-12-35(13-4-1)53(37-26-22-33(23-27-37)49-51-41-16-7-9-19-44(41)56-49)39-30-31-40-47(32-39)55-46-21-11-18-43(48(40)46)54(36-14-5-2-6-15-36)38-28-24-34(25-29-38)50-52-42-17-8-10-20-45(42)57-50/h1-32H. The topological polar surface area (TPSA) is 32.3 Å². The molecule has 7 heteroatoms. The number of para-hydroxylation sites is 4. The Balaban J connectivity index is 0.997. The minimum absolute atomic E-state index is 1.03. The summed E-state index contributed by atoms with van der Waals surface area (Å²) < 4.78 is 4.89. The highest BCUT2D eigenvalue weighted by Crippen LogP contribution is 2.47. The van der Waals surface area contributed by atoms with Crippen LogP contribution in [0.15, 0.2) is 194 Å². The number of rotatable bonds is 8. The lowest BCUT2D eigenvalue weighted by atomic mass is 10.1. The van der Waals surface area contributed by atoms with Crippen LogP contribution in [0.1, 0.15) is 0 Å². The molecular weight excluding hydrogens is 753 g/mol. The van der Waals surface area contributed by atoms with Gasteiger partial charge in [0.2, 0.25) is 0 Å². The molecule has 8 aromatic carbocycles. The molecule has 3 aromatic heterocycles. The number of aromatic nitrogens is 2. The molecule has 0 bridgehead atoms. The minimum atomic E-state index is 1.03. The van der Waals surface area contributed by atoms with E-state index in [9.17, 15) is 0 Å². The first kappa shape index (κ1) is 33.7. The van der Waals surface area contributed by atoms with Crippen LogP contribution in [0.3, 0.4) is 0 Å². The van der Waals surface area contributed by atoms with Gasteiger partial charge in [0.15, 0.2) is 0 Å². The third kappa shape index (κ3) is 6.13. The molecule has 0 N–H and O–H groups in total. The molecule has 0 saturated heterocycles. The fourth-order valence-electron chi connectivity index (χ4n) is 7.65. The van der Waals surface area contributed by atoms with Crippen LogP contribution in [0.5, 0.6) is 0 Å². The van der Waals surface area contributed by atoms with Gasteiger partial charge < -0.3 is 9.80 Å². The van der Waals surface area contributed by atoms with Gasteiger partial charge in [-0.05, 0) is 121 Å². The molecular formula is C50H32N4S3. The van der Waals surface area contributed by atoms with E-state index in [1.54, 1.807) is 22.7 Å². The van der Waals surface area contributed by atoms with Crippen LogP contribution < -0.4 is 9.80 Å². The number of anilines is 6. The van der Waals surface area contributed by atoms with E-state index in [-0.39, 0.29) is 0 Å². The molecule has 0 aliphatic carbocycles. The van der Waals surface area contributed by atoms with E-state index in [1.807, 2.05) is 23.5 Å². The third-order valence-electron chi connectivity index (χ3n) is 10.3. The molecule has 57 heavy (non-hydrogen) atoms. The van der Waals surface area contributed by atoms with Gasteiger partial charge in [0.1, 0.15) is 10.0 Å². The second kappa shape index (κ2) is 14.1. The van der Waals surface area contributed by atoms with Gasteiger partial charge >= 0.3 is 0 Å². The summed E-state index contributed by atoms with van der Waals surface area (Å²) in [6, 6.07) is 69.2. The van der Waals surface area contributed by atoms with E-state index in [1.165, 1.54) is 29.6 Å². The maximum Gasteiger partial charge on any atom is 0.124 e. The summed E-state index contributed by atoms with van der Waals surface area (Å²) in [5.74, 6) is 0. The SMILES string of the molecule is c1ccc(N(c2ccc(-c3nc4ccccc4s3)cc2)c2ccc3c(c2)sc2cccc(N(c4ccccc4)c4ccc(-c5nc6ccccc6s5)cc4)c23)cc1. The molecule has 11 aromatic rings. The molecule has 270 valence electrons. The fraction of sp³-hybridized carbons (Fsp3) is 0. The Hall–Kier alpha value is -6.64. The third-order valence-corrected chi connectivity index (χ3v) is 13.6. The molecule has 4 nitrogen and oxygen atoms in total. The van der Waals surface area contributed by atoms with Gasteiger partial charge in [-0.1, -0.05) is 72.8 Å². The Morgan fingerprint density at radius 3 is 1.39 bits per heavy atom. The van der Waals surface area contributed by atoms with E-state index in [4.69, 9.17) is 9.97 Å². The predicted octanol–water partition coefficient (Wildman–Crippen LogP) is 15.5. The molecule has 0 fully saturated rings. The molecule has 0 spiro atoms. The lowest BCUT2D eigenvalue weighted by molar-refractivity contribution is 1.29. The molecule has 11 rings (SSSR count). The van der Waals surface area contributed by atoms with Crippen molar-refractivity contribution >= 4 is 109 Å². The van der Waals surface area contributed by atoms with Gasteiger partial charge in [-0.3, -0.25) is 0 Å². The summed E-state index contributed by atoms with van der Waals surface area (Å²) >= 11 is 5.31. The summed E-state index contributed by atoms with van der Waals surface area (Å²) in [6.07, 6.45) is 0. The second-order valence-electron chi connectivity index (χ2n) is 13.8. The van der Waals surface area contributed by atoms with Crippen molar-refractivity contribution in [1.29, 1.82) is 0 Å². The van der Waals surface area contributed by atoms with Crippen molar-refractivity contribution in [3.8, 4) is 21.1 Å². The smallest absolute Gasteiger partial charge is 0.124 e. The summed E-state index contributed by atoms with van der Waals surface area (Å²) in [4.78, 5) is 14.6. The summed E-state index contributed by atoms with van der Waals surface area (Å²) in [6.45, 7) is 0. The van der Waals surface area contributed by atoms with Crippen molar-refractivity contribution in [2.45, 2.75) is 0 Å². The van der Waals surface area contributed by atoms with Crippen molar-refractivity contribution in [2.75, 3.05) is 9.80 Å². The monoisotopic (exact) mass is 784 g/mol. The number of hydrogen-bond donors (Lipinski definition) is 0. The Kier molecular flexibility index (Phi) is 8.35. The highest BCUT2D eigenvalue weighted by atomic mass is 32.1. The van der Waals surface area contributed by atoms with E-state index >= 15 is 0 Å². The molecule has 0 radical (unpaired) electrons. The summed E-state index contributed by atoms with van der Waals surface area (Å²) in [5.41, 5.74) is 11.0. The zero-order valence-corrected chi connectivity index (χ0v) is 32.9. The Bertz CT molecular complexity index is 3120. The van der Waals surface area contributed by atoms with E-state index < -0.39 is 0 Å². The zero-order valence-electron chi connectivity index (χ0n) is 30.5. The number of thiophene rings is 1. The average molecular weight is 785 g/mol.